The molecule has 0 atom stereocenters. The third-order valence-corrected chi connectivity index (χ3v) is 8.39. The van der Waals surface area contributed by atoms with Gasteiger partial charge in [-0.1, -0.05) is 170 Å². The molecule has 0 aromatic heterocycles. The molecule has 5 aromatic rings. The number of rotatable bonds is 8. The van der Waals surface area contributed by atoms with Crippen LogP contribution >= 0.6 is 0 Å². The highest BCUT2D eigenvalue weighted by atomic mass is 15.1. The monoisotopic (exact) mass is 629 g/mol. The van der Waals surface area contributed by atoms with Crippen molar-refractivity contribution >= 4 is 22.5 Å². The minimum atomic E-state index is 1.12. The molecule has 0 aliphatic heterocycles. The molecule has 0 unspecified atom stereocenters. The average molecular weight is 630 g/mol. The Balaban J connectivity index is 0.000000170. The maximum atomic E-state index is 3.85. The lowest BCUT2D eigenvalue weighted by molar-refractivity contribution is 0.960. The van der Waals surface area contributed by atoms with E-state index in [4.69, 9.17) is 0 Å². The van der Waals surface area contributed by atoms with Gasteiger partial charge in [0.25, 0.3) is 0 Å². The predicted molar refractivity (Wildman–Crippen MR) is 213 cm³/mol. The van der Waals surface area contributed by atoms with Gasteiger partial charge in [0.1, 0.15) is 0 Å². The van der Waals surface area contributed by atoms with Gasteiger partial charge in [-0.2, -0.15) is 0 Å². The maximum absolute atomic E-state index is 3.85. The Morgan fingerprint density at radius 1 is 0.667 bits per heavy atom. The highest BCUT2D eigenvalue weighted by molar-refractivity contribution is 5.74. The predicted octanol–water partition coefficient (Wildman–Crippen LogP) is 13.5. The zero-order chi connectivity index (χ0) is 34.1. The number of hydrogen-bond acceptors (Lipinski definition) is 1. The van der Waals surface area contributed by atoms with Crippen LogP contribution in [0.25, 0.3) is 22.3 Å². The van der Waals surface area contributed by atoms with E-state index in [-0.39, 0.29) is 0 Å². The van der Waals surface area contributed by atoms with E-state index >= 15 is 0 Å². The second-order valence-electron chi connectivity index (χ2n) is 12.4. The molecule has 0 saturated heterocycles. The van der Waals surface area contributed by atoms with Crippen LogP contribution in [-0.2, 0) is 0 Å². The number of aryl methyl sites for hydroxylation is 3. The van der Waals surface area contributed by atoms with Gasteiger partial charge < -0.3 is 4.90 Å². The van der Waals surface area contributed by atoms with E-state index in [9.17, 15) is 0 Å². The first-order valence-corrected chi connectivity index (χ1v) is 17.2. The van der Waals surface area contributed by atoms with Gasteiger partial charge in [-0.25, -0.2) is 0 Å². The summed E-state index contributed by atoms with van der Waals surface area (Å²) in [6.45, 7) is 12.4. The summed E-state index contributed by atoms with van der Waals surface area (Å²) in [5.74, 6) is 0. The van der Waals surface area contributed by atoms with Gasteiger partial charge in [0.2, 0.25) is 0 Å². The van der Waals surface area contributed by atoms with Gasteiger partial charge in [-0.15, -0.1) is 0 Å². The molecule has 0 radical (unpaired) electrons. The minimum absolute atomic E-state index is 1.12. The Morgan fingerprint density at radius 3 is 1.98 bits per heavy atom. The molecule has 0 bridgehead atoms. The second kappa shape index (κ2) is 18.9. The van der Waals surface area contributed by atoms with Gasteiger partial charge in [0.05, 0.1) is 0 Å². The Hall–Kier alpha value is -5.14. The molecule has 0 fully saturated rings. The number of unbranched alkanes of at least 4 members (excludes halogenated alkanes) is 1. The lowest BCUT2D eigenvalue weighted by Gasteiger charge is -2.21. The average Bonchev–Trinajstić information content (AvgIpc) is 3.13. The van der Waals surface area contributed by atoms with Crippen molar-refractivity contribution in [1.29, 1.82) is 0 Å². The van der Waals surface area contributed by atoms with E-state index < -0.39 is 0 Å². The van der Waals surface area contributed by atoms with E-state index in [2.05, 4.69) is 192 Å². The lowest BCUT2D eigenvalue weighted by Crippen LogP contribution is -2.09. The highest BCUT2D eigenvalue weighted by Gasteiger charge is 2.08. The summed E-state index contributed by atoms with van der Waals surface area (Å²) in [4.78, 5) is 2.24. The fraction of sp³-hybridized carbons (Fsp3) is 0.191. The van der Waals surface area contributed by atoms with Gasteiger partial charge >= 0.3 is 0 Å². The maximum Gasteiger partial charge on any atom is 0.0414 e. The van der Waals surface area contributed by atoms with Gasteiger partial charge in [-0.3, -0.25) is 0 Å². The van der Waals surface area contributed by atoms with E-state index in [0.717, 1.165) is 19.3 Å². The first-order valence-electron chi connectivity index (χ1n) is 17.2. The van der Waals surface area contributed by atoms with Gasteiger partial charge in [0, 0.05) is 18.4 Å². The Labute approximate surface area is 290 Å². The van der Waals surface area contributed by atoms with Crippen LogP contribution in [0.3, 0.4) is 0 Å². The molecule has 0 amide bonds. The van der Waals surface area contributed by atoms with Crippen LogP contribution < -0.4 is 4.90 Å². The molecule has 48 heavy (non-hydrogen) atoms. The summed E-state index contributed by atoms with van der Waals surface area (Å²) in [5.41, 5.74) is 14.2. The summed E-state index contributed by atoms with van der Waals surface area (Å²) in [6.07, 6.45) is 15.4. The molecule has 1 nitrogen and oxygen atoms in total. The third kappa shape index (κ3) is 11.0. The summed E-state index contributed by atoms with van der Waals surface area (Å²) >= 11 is 0. The molecule has 1 aliphatic carbocycles. The number of nitrogens with zero attached hydrogens (tertiary/aromatic N) is 1. The molecular weight excluding hydrogens is 579 g/mol. The van der Waals surface area contributed by atoms with Crippen molar-refractivity contribution < 1.29 is 0 Å². The zero-order valence-electron chi connectivity index (χ0n) is 29.5. The smallest absolute Gasteiger partial charge is 0.0414 e. The molecule has 0 N–H and O–H groups in total. The van der Waals surface area contributed by atoms with Crippen LogP contribution in [0, 0.1) is 20.8 Å². The van der Waals surface area contributed by atoms with Crippen LogP contribution in [0.2, 0.25) is 0 Å². The van der Waals surface area contributed by atoms with Gasteiger partial charge in [-0.05, 0) is 97.7 Å². The molecule has 0 saturated carbocycles. The van der Waals surface area contributed by atoms with Crippen molar-refractivity contribution in [3.05, 3.63) is 192 Å². The van der Waals surface area contributed by atoms with Crippen molar-refractivity contribution in [3.8, 4) is 11.1 Å². The summed E-state index contributed by atoms with van der Waals surface area (Å²) in [7, 11) is 2.12. The second-order valence-corrected chi connectivity index (χ2v) is 12.4. The van der Waals surface area contributed by atoms with Crippen molar-refractivity contribution in [1.82, 2.24) is 0 Å². The van der Waals surface area contributed by atoms with Crippen molar-refractivity contribution in [2.24, 2.45) is 0 Å². The number of hydrogen-bond donors (Lipinski definition) is 0. The van der Waals surface area contributed by atoms with Crippen LogP contribution in [-0.4, -0.2) is 7.05 Å². The molecular formula is C47H51N. The van der Waals surface area contributed by atoms with E-state index in [1.807, 2.05) is 12.1 Å². The normalized spacial score (nSPS) is 12.1. The number of benzene rings is 5. The van der Waals surface area contributed by atoms with E-state index in [1.165, 1.54) is 67.9 Å². The van der Waals surface area contributed by atoms with Gasteiger partial charge in [0.15, 0.2) is 0 Å². The third-order valence-electron chi connectivity index (χ3n) is 8.39. The molecule has 1 aliphatic rings. The highest BCUT2D eigenvalue weighted by Crippen LogP contribution is 2.29. The Bertz CT molecular complexity index is 1820. The molecule has 0 spiro atoms. The molecule has 0 heterocycles. The topological polar surface area (TPSA) is 3.24 Å². The Kier molecular flexibility index (Phi) is 14.0. The Morgan fingerprint density at radius 2 is 1.33 bits per heavy atom. The molecule has 5 aromatic carbocycles. The summed E-state index contributed by atoms with van der Waals surface area (Å²) < 4.78 is 0. The first-order chi connectivity index (χ1) is 23.4. The quantitative estimate of drug-likeness (QED) is 0.154. The first kappa shape index (κ1) is 35.7. The number of anilines is 2. The summed E-state index contributed by atoms with van der Waals surface area (Å²) in [5, 5.41) is 0. The standard InChI is InChI=1S/C20H21N.C14H18.C13H12/c1-16-11-13-19(14-12-16)21(2)20-10-6-9-18(15-20)17-7-4-3-5-8-17;1-4-6-9-13(5-2)14-10-7-8-12(3)11-14;1-11-6-5-9-13(10-11)12-7-3-2-4-8-12/h3-4,6-7,9-15H,5,8H2,1-2H3;5,7-11H,2,4,6H2,1,3H3;2-10H,1H3/b;13-9+;. The zero-order valence-corrected chi connectivity index (χ0v) is 29.5. The van der Waals surface area contributed by atoms with Crippen LogP contribution in [0.15, 0.2) is 164 Å². The molecule has 1 heteroatoms. The minimum Gasteiger partial charge on any atom is -0.345 e. The van der Waals surface area contributed by atoms with Crippen molar-refractivity contribution in [2.45, 2.75) is 53.4 Å². The van der Waals surface area contributed by atoms with Crippen molar-refractivity contribution in [2.75, 3.05) is 11.9 Å². The largest absolute Gasteiger partial charge is 0.345 e. The fourth-order valence-corrected chi connectivity index (χ4v) is 5.57. The molecule has 244 valence electrons. The summed E-state index contributed by atoms with van der Waals surface area (Å²) in [6, 6.07) is 45.0. The lowest BCUT2D eigenvalue weighted by atomic mass is 9.97. The van der Waals surface area contributed by atoms with Crippen LogP contribution in [0.4, 0.5) is 11.4 Å². The van der Waals surface area contributed by atoms with E-state index in [1.54, 1.807) is 0 Å². The number of allylic oxidation sites excluding steroid dienone is 7. The van der Waals surface area contributed by atoms with Crippen LogP contribution in [0.5, 0.6) is 0 Å². The van der Waals surface area contributed by atoms with E-state index in [0.29, 0.717) is 0 Å². The SMILES string of the molecule is C=C/C(=C\CCC)c1cccc(C)c1.Cc1ccc(N(C)c2cccc(C3=CC=CCC3)c2)cc1.Cc1cccc(-c2ccccc2)c1. The van der Waals surface area contributed by atoms with Crippen LogP contribution in [0.1, 0.15) is 60.4 Å². The molecule has 6 rings (SSSR count). The van der Waals surface area contributed by atoms with Crippen molar-refractivity contribution in [3.63, 3.8) is 0 Å². The fourth-order valence-electron chi connectivity index (χ4n) is 5.57.